The third-order valence-electron chi connectivity index (χ3n) is 4.26. The fraction of sp³-hybridized carbons (Fsp3) is 0.222. The lowest BCUT2D eigenvalue weighted by molar-refractivity contribution is -0.0829. The van der Waals surface area contributed by atoms with Crippen LogP contribution in [0.3, 0.4) is 0 Å². The van der Waals surface area contributed by atoms with Crippen LogP contribution in [0.1, 0.15) is 26.3 Å². The van der Waals surface area contributed by atoms with Crippen LogP contribution in [-0.2, 0) is 0 Å². The molecule has 116 valence electrons. The number of carbonyl (C=O) groups excluding carboxylic acids is 2. The molecule has 5 heteroatoms. The predicted molar refractivity (Wildman–Crippen MR) is 84.3 cm³/mol. The number of likely N-dealkylation sites (tertiary alicyclic amines) is 1. The molecule has 1 fully saturated rings. The third kappa shape index (κ3) is 2.25. The van der Waals surface area contributed by atoms with Gasteiger partial charge in [0.15, 0.2) is 0 Å². The molecule has 5 nitrogen and oxygen atoms in total. The molecule has 23 heavy (non-hydrogen) atoms. The number of hydrogen-bond acceptors (Lipinski definition) is 3. The first-order valence-electron chi connectivity index (χ1n) is 7.53. The summed E-state index contributed by atoms with van der Waals surface area (Å²) in [6.07, 6.45) is 0. The maximum atomic E-state index is 12.4. The summed E-state index contributed by atoms with van der Waals surface area (Å²) >= 11 is 0. The smallest absolute Gasteiger partial charge is 0.258 e. The standard InChI is InChI=1S/C18H16N2O3/c1-12-6-8-13(9-7-12)17(22)20-10-18(11-20)19-16(21)14-4-2-3-5-15(14)23-18/h2-9H,10-11H2,1H3,(H,19,21). The Morgan fingerprint density at radius 2 is 1.83 bits per heavy atom. The van der Waals surface area contributed by atoms with E-state index < -0.39 is 5.72 Å². The minimum Gasteiger partial charge on any atom is -0.463 e. The van der Waals surface area contributed by atoms with Crippen molar-refractivity contribution in [3.8, 4) is 5.75 Å². The first-order valence-corrected chi connectivity index (χ1v) is 7.53. The van der Waals surface area contributed by atoms with Gasteiger partial charge >= 0.3 is 0 Å². The molecule has 2 aliphatic heterocycles. The number of fused-ring (bicyclic) bond motifs is 1. The molecule has 2 aliphatic rings. The molecule has 0 aliphatic carbocycles. The summed E-state index contributed by atoms with van der Waals surface area (Å²) in [5.41, 5.74) is 1.49. The van der Waals surface area contributed by atoms with Crippen LogP contribution >= 0.6 is 0 Å². The van der Waals surface area contributed by atoms with E-state index in [1.165, 1.54) is 0 Å². The monoisotopic (exact) mass is 308 g/mol. The van der Waals surface area contributed by atoms with Gasteiger partial charge in [-0.15, -0.1) is 0 Å². The molecule has 1 saturated heterocycles. The number of carbonyl (C=O) groups is 2. The molecule has 0 unspecified atom stereocenters. The summed E-state index contributed by atoms with van der Waals surface area (Å²) in [6, 6.07) is 14.6. The summed E-state index contributed by atoms with van der Waals surface area (Å²) in [6.45, 7) is 2.68. The van der Waals surface area contributed by atoms with Gasteiger partial charge in [0.2, 0.25) is 5.72 Å². The molecular weight excluding hydrogens is 292 g/mol. The average molecular weight is 308 g/mol. The van der Waals surface area contributed by atoms with Gasteiger partial charge in [0.05, 0.1) is 18.7 Å². The second kappa shape index (κ2) is 4.84. The Bertz CT molecular complexity index is 792. The van der Waals surface area contributed by atoms with Crippen LogP contribution in [0.15, 0.2) is 48.5 Å². The maximum Gasteiger partial charge on any atom is 0.258 e. The molecule has 1 N–H and O–H groups in total. The van der Waals surface area contributed by atoms with E-state index >= 15 is 0 Å². The normalized spacial score (nSPS) is 17.8. The van der Waals surface area contributed by atoms with E-state index in [2.05, 4.69) is 5.32 Å². The number of para-hydroxylation sites is 1. The highest BCUT2D eigenvalue weighted by molar-refractivity contribution is 5.99. The van der Waals surface area contributed by atoms with Crippen molar-refractivity contribution < 1.29 is 14.3 Å². The molecule has 4 rings (SSSR count). The Morgan fingerprint density at radius 1 is 1.13 bits per heavy atom. The zero-order chi connectivity index (χ0) is 16.0. The number of nitrogens with one attached hydrogen (secondary N) is 1. The minimum absolute atomic E-state index is 0.0488. The van der Waals surface area contributed by atoms with E-state index in [-0.39, 0.29) is 11.8 Å². The van der Waals surface area contributed by atoms with Gasteiger partial charge in [-0.1, -0.05) is 29.8 Å². The Hall–Kier alpha value is -2.82. The van der Waals surface area contributed by atoms with Crippen molar-refractivity contribution in [1.29, 1.82) is 0 Å². The largest absolute Gasteiger partial charge is 0.463 e. The van der Waals surface area contributed by atoms with E-state index in [4.69, 9.17) is 4.74 Å². The Kier molecular flexibility index (Phi) is 2.91. The van der Waals surface area contributed by atoms with Crippen LogP contribution in [0.25, 0.3) is 0 Å². The molecule has 0 aromatic heterocycles. The third-order valence-corrected chi connectivity index (χ3v) is 4.26. The Labute approximate surface area is 133 Å². The van der Waals surface area contributed by atoms with Gasteiger partial charge < -0.3 is 15.0 Å². The van der Waals surface area contributed by atoms with E-state index in [0.29, 0.717) is 30.0 Å². The number of aryl methyl sites for hydroxylation is 1. The summed E-state index contributed by atoms with van der Waals surface area (Å²) in [5, 5.41) is 2.88. The van der Waals surface area contributed by atoms with E-state index in [9.17, 15) is 9.59 Å². The quantitative estimate of drug-likeness (QED) is 0.876. The summed E-state index contributed by atoms with van der Waals surface area (Å²) in [4.78, 5) is 26.3. The van der Waals surface area contributed by atoms with Crippen LogP contribution in [-0.4, -0.2) is 35.5 Å². The van der Waals surface area contributed by atoms with Gasteiger partial charge in [-0.2, -0.15) is 0 Å². The molecule has 0 atom stereocenters. The van der Waals surface area contributed by atoms with Crippen molar-refractivity contribution in [3.63, 3.8) is 0 Å². The van der Waals surface area contributed by atoms with Crippen molar-refractivity contribution in [1.82, 2.24) is 10.2 Å². The SMILES string of the molecule is Cc1ccc(C(=O)N2CC3(C2)NC(=O)c2ccccc2O3)cc1. The number of hydrogen-bond donors (Lipinski definition) is 1. The van der Waals surface area contributed by atoms with Crippen molar-refractivity contribution in [2.24, 2.45) is 0 Å². The molecule has 0 bridgehead atoms. The lowest BCUT2D eigenvalue weighted by Crippen LogP contribution is -2.75. The molecule has 2 aromatic carbocycles. The molecule has 0 radical (unpaired) electrons. The molecule has 2 heterocycles. The Morgan fingerprint density at radius 3 is 2.57 bits per heavy atom. The second-order valence-corrected chi connectivity index (χ2v) is 6.07. The zero-order valence-corrected chi connectivity index (χ0v) is 12.7. The topological polar surface area (TPSA) is 58.6 Å². The highest BCUT2D eigenvalue weighted by Crippen LogP contribution is 2.33. The maximum absolute atomic E-state index is 12.4. The number of benzene rings is 2. The summed E-state index contributed by atoms with van der Waals surface area (Å²) in [5.74, 6) is 0.361. The van der Waals surface area contributed by atoms with Crippen LogP contribution in [0.4, 0.5) is 0 Å². The van der Waals surface area contributed by atoms with Gasteiger partial charge in [-0.25, -0.2) is 0 Å². The number of ether oxygens (including phenoxy) is 1. The van der Waals surface area contributed by atoms with Gasteiger partial charge in [0, 0.05) is 5.56 Å². The van der Waals surface area contributed by atoms with Crippen LogP contribution in [0.2, 0.25) is 0 Å². The van der Waals surface area contributed by atoms with Crippen molar-refractivity contribution in [2.75, 3.05) is 13.1 Å². The molecule has 1 spiro atoms. The average Bonchev–Trinajstić information content (AvgIpc) is 2.52. The van der Waals surface area contributed by atoms with Gasteiger partial charge in [0.1, 0.15) is 5.75 Å². The highest BCUT2D eigenvalue weighted by Gasteiger charge is 2.51. The predicted octanol–water partition coefficient (Wildman–Crippen LogP) is 1.97. The molecule has 2 amide bonds. The van der Waals surface area contributed by atoms with Crippen LogP contribution in [0.5, 0.6) is 5.75 Å². The fourth-order valence-electron chi connectivity index (χ4n) is 2.99. The van der Waals surface area contributed by atoms with Crippen molar-refractivity contribution in [3.05, 3.63) is 65.2 Å². The van der Waals surface area contributed by atoms with Gasteiger partial charge in [-0.3, -0.25) is 9.59 Å². The number of amides is 2. The van der Waals surface area contributed by atoms with Crippen LogP contribution < -0.4 is 10.1 Å². The minimum atomic E-state index is -0.800. The fourth-order valence-corrected chi connectivity index (χ4v) is 2.99. The zero-order valence-electron chi connectivity index (χ0n) is 12.7. The highest BCUT2D eigenvalue weighted by atomic mass is 16.5. The van der Waals surface area contributed by atoms with E-state index in [1.807, 2.05) is 37.3 Å². The van der Waals surface area contributed by atoms with Crippen LogP contribution in [0, 0.1) is 6.92 Å². The van der Waals surface area contributed by atoms with E-state index in [0.717, 1.165) is 5.56 Å². The molecule has 2 aromatic rings. The van der Waals surface area contributed by atoms with Gasteiger partial charge in [-0.05, 0) is 31.2 Å². The van der Waals surface area contributed by atoms with Crippen molar-refractivity contribution in [2.45, 2.75) is 12.6 Å². The lowest BCUT2D eigenvalue weighted by atomic mass is 9.98. The van der Waals surface area contributed by atoms with Gasteiger partial charge in [0.25, 0.3) is 11.8 Å². The Balaban J connectivity index is 1.50. The summed E-state index contributed by atoms with van der Waals surface area (Å²) < 4.78 is 5.94. The number of nitrogens with zero attached hydrogens (tertiary/aromatic N) is 1. The molecular formula is C18H16N2O3. The van der Waals surface area contributed by atoms with E-state index in [1.54, 1.807) is 23.1 Å². The van der Waals surface area contributed by atoms with Crippen molar-refractivity contribution >= 4 is 11.8 Å². The lowest BCUT2D eigenvalue weighted by Gasteiger charge is -2.51. The second-order valence-electron chi connectivity index (χ2n) is 6.07. The number of rotatable bonds is 1. The first-order chi connectivity index (χ1) is 11.1. The molecule has 0 saturated carbocycles. The first kappa shape index (κ1) is 13.8. The summed E-state index contributed by atoms with van der Waals surface area (Å²) in [7, 11) is 0.